The second-order valence-corrected chi connectivity index (χ2v) is 4.26. The van der Waals surface area contributed by atoms with Crippen molar-refractivity contribution in [2.75, 3.05) is 18.0 Å². The molecule has 2 nitrogen and oxygen atoms in total. The molecule has 0 saturated carbocycles. The van der Waals surface area contributed by atoms with Gasteiger partial charge in [-0.2, -0.15) is 0 Å². The number of nitrogens with two attached hydrogens (primary N) is 1. The number of piperidine rings is 1. The molecule has 0 spiro atoms. The zero-order chi connectivity index (χ0) is 11.6. The summed E-state index contributed by atoms with van der Waals surface area (Å²) in [7, 11) is 0. The van der Waals surface area contributed by atoms with E-state index in [1.165, 1.54) is 0 Å². The number of anilines is 1. The number of halogens is 2. The smallest absolute Gasteiger partial charge is 0.265 e. The molecule has 2 N–H and O–H groups in total. The minimum atomic E-state index is -2.56. The Labute approximate surface area is 94.0 Å². The maximum absolute atomic E-state index is 13.3. The second-order valence-electron chi connectivity index (χ2n) is 4.26. The van der Waals surface area contributed by atoms with Gasteiger partial charge < -0.3 is 10.6 Å². The number of nitrogens with zero attached hydrogens (tertiary/aromatic N) is 1. The highest BCUT2D eigenvalue weighted by molar-refractivity contribution is 5.49. The third-order valence-corrected chi connectivity index (χ3v) is 2.90. The van der Waals surface area contributed by atoms with Crippen LogP contribution in [0.3, 0.4) is 0 Å². The van der Waals surface area contributed by atoms with Crippen molar-refractivity contribution in [2.45, 2.75) is 25.3 Å². The Hall–Kier alpha value is -1.16. The summed E-state index contributed by atoms with van der Waals surface area (Å²) in [6.45, 7) is 0.961. The van der Waals surface area contributed by atoms with Gasteiger partial charge in [0.2, 0.25) is 0 Å². The van der Waals surface area contributed by atoms with Crippen LogP contribution in [-0.4, -0.2) is 19.0 Å². The van der Waals surface area contributed by atoms with Gasteiger partial charge in [-0.15, -0.1) is 0 Å². The van der Waals surface area contributed by atoms with E-state index in [1.807, 2.05) is 24.3 Å². The number of alkyl halides is 2. The predicted molar refractivity (Wildman–Crippen MR) is 60.7 cm³/mol. The SMILES string of the molecule is NCc1cccc(N2CCCC(F)(F)C2)c1. The van der Waals surface area contributed by atoms with Gasteiger partial charge in [-0.1, -0.05) is 12.1 Å². The number of rotatable bonds is 2. The summed E-state index contributed by atoms with van der Waals surface area (Å²) in [6.07, 6.45) is 0.542. The summed E-state index contributed by atoms with van der Waals surface area (Å²) >= 11 is 0. The maximum atomic E-state index is 13.3. The molecule has 1 aliphatic rings. The van der Waals surface area contributed by atoms with Gasteiger partial charge in [0.1, 0.15) is 0 Å². The molecule has 0 amide bonds. The van der Waals surface area contributed by atoms with Crippen LogP contribution in [0.15, 0.2) is 24.3 Å². The molecule has 88 valence electrons. The lowest BCUT2D eigenvalue weighted by Crippen LogP contribution is -2.42. The molecule has 1 aromatic carbocycles. The molecule has 0 unspecified atom stereocenters. The Morgan fingerprint density at radius 1 is 1.38 bits per heavy atom. The summed E-state index contributed by atoms with van der Waals surface area (Å²) in [4.78, 5) is 1.74. The van der Waals surface area contributed by atoms with E-state index in [-0.39, 0.29) is 13.0 Å². The van der Waals surface area contributed by atoms with Gasteiger partial charge in [0, 0.05) is 25.2 Å². The third-order valence-electron chi connectivity index (χ3n) is 2.90. The van der Waals surface area contributed by atoms with E-state index in [2.05, 4.69) is 0 Å². The minimum Gasteiger partial charge on any atom is -0.365 e. The number of hydrogen-bond donors (Lipinski definition) is 1. The normalized spacial score (nSPS) is 19.8. The van der Waals surface area contributed by atoms with E-state index in [0.717, 1.165) is 11.3 Å². The molecular weight excluding hydrogens is 210 g/mol. The molecule has 0 aromatic heterocycles. The van der Waals surface area contributed by atoms with Crippen molar-refractivity contribution in [1.29, 1.82) is 0 Å². The molecule has 1 fully saturated rings. The highest BCUT2D eigenvalue weighted by Gasteiger charge is 2.35. The molecule has 0 radical (unpaired) electrons. The van der Waals surface area contributed by atoms with Gasteiger partial charge in [0.15, 0.2) is 0 Å². The van der Waals surface area contributed by atoms with Crippen LogP contribution in [0.2, 0.25) is 0 Å². The minimum absolute atomic E-state index is 0.0000790. The van der Waals surface area contributed by atoms with Crippen molar-refractivity contribution in [3.8, 4) is 0 Å². The van der Waals surface area contributed by atoms with Crippen molar-refractivity contribution in [3.63, 3.8) is 0 Å². The van der Waals surface area contributed by atoms with Crippen molar-refractivity contribution in [3.05, 3.63) is 29.8 Å². The Balaban J connectivity index is 2.16. The van der Waals surface area contributed by atoms with Crippen molar-refractivity contribution < 1.29 is 8.78 Å². The summed E-state index contributed by atoms with van der Waals surface area (Å²) in [5.41, 5.74) is 7.36. The molecule has 2 rings (SSSR count). The van der Waals surface area contributed by atoms with E-state index < -0.39 is 5.92 Å². The average molecular weight is 226 g/mol. The van der Waals surface area contributed by atoms with Crippen LogP contribution >= 0.6 is 0 Å². The first-order valence-corrected chi connectivity index (χ1v) is 5.52. The lowest BCUT2D eigenvalue weighted by atomic mass is 10.1. The standard InChI is InChI=1S/C12H16F2N2/c13-12(14)5-2-6-16(9-12)11-4-1-3-10(7-11)8-15/h1,3-4,7H,2,5-6,8-9,15H2. The first-order valence-electron chi connectivity index (χ1n) is 5.52. The van der Waals surface area contributed by atoms with Gasteiger partial charge in [-0.05, 0) is 24.1 Å². The van der Waals surface area contributed by atoms with Crippen LogP contribution in [0.1, 0.15) is 18.4 Å². The van der Waals surface area contributed by atoms with Crippen molar-refractivity contribution in [2.24, 2.45) is 5.73 Å². The van der Waals surface area contributed by atoms with Gasteiger partial charge in [-0.3, -0.25) is 0 Å². The monoisotopic (exact) mass is 226 g/mol. The Kier molecular flexibility index (Phi) is 3.10. The molecule has 1 saturated heterocycles. The molecule has 0 bridgehead atoms. The Morgan fingerprint density at radius 2 is 2.19 bits per heavy atom. The van der Waals surface area contributed by atoms with Gasteiger partial charge in [0.25, 0.3) is 5.92 Å². The van der Waals surface area contributed by atoms with Crippen LogP contribution in [-0.2, 0) is 6.54 Å². The third kappa shape index (κ3) is 2.50. The van der Waals surface area contributed by atoms with E-state index in [9.17, 15) is 8.78 Å². The first-order chi connectivity index (χ1) is 7.61. The fraction of sp³-hybridized carbons (Fsp3) is 0.500. The average Bonchev–Trinajstić information content (AvgIpc) is 2.28. The fourth-order valence-corrected chi connectivity index (χ4v) is 2.07. The summed E-state index contributed by atoms with van der Waals surface area (Å²) in [5, 5.41) is 0. The fourth-order valence-electron chi connectivity index (χ4n) is 2.07. The quantitative estimate of drug-likeness (QED) is 0.839. The Bertz CT molecular complexity index is 366. The highest BCUT2D eigenvalue weighted by Crippen LogP contribution is 2.30. The molecule has 0 atom stereocenters. The Morgan fingerprint density at radius 3 is 2.88 bits per heavy atom. The molecule has 4 heteroatoms. The van der Waals surface area contributed by atoms with Crippen molar-refractivity contribution in [1.82, 2.24) is 0 Å². The highest BCUT2D eigenvalue weighted by atomic mass is 19.3. The summed E-state index contributed by atoms with van der Waals surface area (Å²) < 4.78 is 26.5. The van der Waals surface area contributed by atoms with E-state index >= 15 is 0 Å². The van der Waals surface area contributed by atoms with E-state index in [0.29, 0.717) is 19.5 Å². The van der Waals surface area contributed by atoms with Crippen LogP contribution < -0.4 is 10.6 Å². The zero-order valence-corrected chi connectivity index (χ0v) is 9.13. The maximum Gasteiger partial charge on any atom is 0.265 e. The van der Waals surface area contributed by atoms with Gasteiger partial charge in [0.05, 0.1) is 6.54 Å². The van der Waals surface area contributed by atoms with E-state index in [1.54, 1.807) is 4.90 Å². The first kappa shape index (κ1) is 11.3. The van der Waals surface area contributed by atoms with Crippen LogP contribution in [0.5, 0.6) is 0 Å². The lowest BCUT2D eigenvalue weighted by molar-refractivity contribution is -0.0116. The topological polar surface area (TPSA) is 29.3 Å². The molecule has 0 aliphatic carbocycles. The lowest BCUT2D eigenvalue weighted by Gasteiger charge is -2.34. The van der Waals surface area contributed by atoms with Gasteiger partial charge >= 0.3 is 0 Å². The van der Waals surface area contributed by atoms with Crippen molar-refractivity contribution >= 4 is 5.69 Å². The zero-order valence-electron chi connectivity index (χ0n) is 9.13. The largest absolute Gasteiger partial charge is 0.365 e. The molecule has 1 aliphatic heterocycles. The molecule has 16 heavy (non-hydrogen) atoms. The van der Waals surface area contributed by atoms with E-state index in [4.69, 9.17) is 5.73 Å². The number of benzene rings is 1. The van der Waals surface area contributed by atoms with Crippen LogP contribution in [0.25, 0.3) is 0 Å². The summed E-state index contributed by atoms with van der Waals surface area (Å²) in [6, 6.07) is 7.53. The summed E-state index contributed by atoms with van der Waals surface area (Å²) in [5.74, 6) is -2.56. The second kappa shape index (κ2) is 4.37. The number of hydrogen-bond acceptors (Lipinski definition) is 2. The molecule has 1 heterocycles. The van der Waals surface area contributed by atoms with Crippen LogP contribution in [0, 0.1) is 0 Å². The molecular formula is C12H16F2N2. The van der Waals surface area contributed by atoms with Gasteiger partial charge in [-0.25, -0.2) is 8.78 Å². The molecule has 1 aromatic rings. The van der Waals surface area contributed by atoms with Crippen LogP contribution in [0.4, 0.5) is 14.5 Å². The predicted octanol–water partition coefficient (Wildman–Crippen LogP) is 2.38.